The Hall–Kier alpha value is -3.02. The fourth-order valence-electron chi connectivity index (χ4n) is 2.66. The summed E-state index contributed by atoms with van der Waals surface area (Å²) in [4.78, 5) is 12.0. The van der Waals surface area contributed by atoms with Crippen molar-refractivity contribution in [3.63, 3.8) is 0 Å². The average molecular weight is 481 g/mol. The quantitative estimate of drug-likeness (QED) is 0.295. The molecule has 2 heterocycles. The lowest BCUT2D eigenvalue weighted by Gasteiger charge is -2.12. The number of thiocarbonyl (C=S) groups is 1. The van der Waals surface area contributed by atoms with Crippen molar-refractivity contribution in [2.75, 3.05) is 16.0 Å². The number of anilines is 4. The Morgan fingerprint density at radius 2 is 1.87 bits per heavy atom. The summed E-state index contributed by atoms with van der Waals surface area (Å²) in [5.41, 5.74) is 1.08. The normalized spacial score (nSPS) is 11.4. The maximum atomic E-state index is 12.7. The molecule has 0 atom stereocenters. The van der Waals surface area contributed by atoms with Gasteiger partial charge in [-0.25, -0.2) is 15.0 Å². The summed E-state index contributed by atoms with van der Waals surface area (Å²) >= 11 is 12.0. The van der Waals surface area contributed by atoms with Crippen LogP contribution in [0.4, 0.5) is 35.5 Å². The van der Waals surface area contributed by atoms with Crippen LogP contribution in [0.5, 0.6) is 0 Å². The molecule has 0 amide bonds. The highest BCUT2D eigenvalue weighted by atomic mass is 35.5. The number of rotatable bonds is 4. The molecule has 4 rings (SSSR count). The van der Waals surface area contributed by atoms with Crippen molar-refractivity contribution < 1.29 is 13.2 Å². The SMILES string of the molecule is FC(F)(F)c1csc(NC(=S)Nc2ccc3ncnc(Nc4cccc(Cl)c4)c3c2)n1. The van der Waals surface area contributed by atoms with Crippen LogP contribution in [0.2, 0.25) is 5.02 Å². The number of alkyl halides is 3. The van der Waals surface area contributed by atoms with Crippen molar-refractivity contribution in [2.24, 2.45) is 0 Å². The maximum Gasteiger partial charge on any atom is 0.434 e. The molecule has 0 bridgehead atoms. The third-order valence-electron chi connectivity index (χ3n) is 4.00. The number of benzene rings is 2. The predicted octanol–water partition coefficient (Wildman–Crippen LogP) is 6.31. The Bertz CT molecular complexity index is 1260. The van der Waals surface area contributed by atoms with Gasteiger partial charge in [0.2, 0.25) is 0 Å². The first-order chi connectivity index (χ1) is 14.8. The topological polar surface area (TPSA) is 74.8 Å². The number of halogens is 4. The van der Waals surface area contributed by atoms with Gasteiger partial charge in [0, 0.05) is 27.2 Å². The predicted molar refractivity (Wildman–Crippen MR) is 121 cm³/mol. The highest BCUT2D eigenvalue weighted by molar-refractivity contribution is 7.80. The third-order valence-corrected chi connectivity index (χ3v) is 5.19. The van der Waals surface area contributed by atoms with Gasteiger partial charge in [-0.2, -0.15) is 13.2 Å². The molecule has 0 saturated heterocycles. The number of hydrogen-bond acceptors (Lipinski definition) is 6. The smallest absolute Gasteiger partial charge is 0.340 e. The maximum absolute atomic E-state index is 12.7. The fraction of sp³-hybridized carbons (Fsp3) is 0.0526. The average Bonchev–Trinajstić information content (AvgIpc) is 3.17. The van der Waals surface area contributed by atoms with Gasteiger partial charge in [0.1, 0.15) is 12.1 Å². The van der Waals surface area contributed by atoms with Crippen molar-refractivity contribution in [2.45, 2.75) is 6.18 Å². The van der Waals surface area contributed by atoms with Gasteiger partial charge in [0.15, 0.2) is 15.9 Å². The summed E-state index contributed by atoms with van der Waals surface area (Å²) in [6, 6.07) is 12.5. The molecule has 12 heteroatoms. The van der Waals surface area contributed by atoms with Crippen LogP contribution in [-0.4, -0.2) is 20.1 Å². The summed E-state index contributed by atoms with van der Waals surface area (Å²) in [5, 5.41) is 11.1. The van der Waals surface area contributed by atoms with Crippen LogP contribution in [0.3, 0.4) is 0 Å². The van der Waals surface area contributed by atoms with E-state index in [2.05, 4.69) is 30.9 Å². The Kier molecular flexibility index (Phi) is 5.90. The Morgan fingerprint density at radius 1 is 1.03 bits per heavy atom. The van der Waals surface area contributed by atoms with E-state index in [0.717, 1.165) is 22.4 Å². The molecular weight excluding hydrogens is 469 g/mol. The van der Waals surface area contributed by atoms with E-state index in [0.29, 0.717) is 27.4 Å². The van der Waals surface area contributed by atoms with Gasteiger partial charge in [-0.05, 0) is 48.6 Å². The monoisotopic (exact) mass is 480 g/mol. The largest absolute Gasteiger partial charge is 0.434 e. The zero-order valence-electron chi connectivity index (χ0n) is 15.4. The Morgan fingerprint density at radius 3 is 2.61 bits per heavy atom. The summed E-state index contributed by atoms with van der Waals surface area (Å²) in [7, 11) is 0. The van der Waals surface area contributed by atoms with E-state index in [1.54, 1.807) is 30.3 Å². The number of aromatic nitrogens is 3. The van der Waals surface area contributed by atoms with Crippen LogP contribution in [-0.2, 0) is 6.18 Å². The second-order valence-electron chi connectivity index (χ2n) is 6.20. The Balaban J connectivity index is 1.53. The third kappa shape index (κ3) is 5.19. The zero-order valence-corrected chi connectivity index (χ0v) is 17.8. The van der Waals surface area contributed by atoms with Crippen LogP contribution in [0.1, 0.15) is 5.69 Å². The van der Waals surface area contributed by atoms with Gasteiger partial charge >= 0.3 is 6.18 Å². The van der Waals surface area contributed by atoms with Crippen LogP contribution < -0.4 is 16.0 Å². The molecule has 158 valence electrons. The van der Waals surface area contributed by atoms with E-state index in [9.17, 15) is 13.2 Å². The van der Waals surface area contributed by atoms with Gasteiger partial charge in [0.05, 0.1) is 5.52 Å². The molecule has 0 fully saturated rings. The zero-order chi connectivity index (χ0) is 22.0. The van der Waals surface area contributed by atoms with E-state index in [4.69, 9.17) is 23.8 Å². The Labute approximate surface area is 188 Å². The molecule has 0 saturated carbocycles. The molecule has 0 unspecified atom stereocenters. The van der Waals surface area contributed by atoms with E-state index in [1.807, 2.05) is 12.1 Å². The van der Waals surface area contributed by atoms with Gasteiger partial charge in [0.25, 0.3) is 0 Å². The van der Waals surface area contributed by atoms with E-state index >= 15 is 0 Å². The van der Waals surface area contributed by atoms with Crippen molar-refractivity contribution in [3.8, 4) is 0 Å². The second-order valence-corrected chi connectivity index (χ2v) is 7.91. The highest BCUT2D eigenvalue weighted by Crippen LogP contribution is 2.32. The number of nitrogens with one attached hydrogen (secondary N) is 3. The molecule has 4 aromatic rings. The lowest BCUT2D eigenvalue weighted by atomic mass is 10.2. The van der Waals surface area contributed by atoms with Crippen molar-refractivity contribution in [3.05, 3.63) is 64.9 Å². The van der Waals surface area contributed by atoms with Crippen LogP contribution in [0.25, 0.3) is 10.9 Å². The number of nitrogens with zero attached hydrogens (tertiary/aromatic N) is 3. The lowest BCUT2D eigenvalue weighted by molar-refractivity contribution is -0.140. The molecule has 2 aromatic carbocycles. The van der Waals surface area contributed by atoms with E-state index in [1.165, 1.54) is 6.33 Å². The molecule has 2 aromatic heterocycles. The number of hydrogen-bond donors (Lipinski definition) is 3. The van der Waals surface area contributed by atoms with Gasteiger partial charge in [-0.1, -0.05) is 17.7 Å². The first-order valence-corrected chi connectivity index (χ1v) is 10.3. The highest BCUT2D eigenvalue weighted by Gasteiger charge is 2.33. The molecule has 0 aliphatic carbocycles. The molecular formula is C19H12ClF3N6S2. The standard InChI is InChI=1S/C19H12ClF3N6S2/c20-10-2-1-3-11(6-10)26-16-13-7-12(4-5-14(13)24-9-25-16)27-17(30)29-18-28-15(8-31-18)19(21,22)23/h1-9H,(H,24,25,26)(H2,27,28,29,30). The second kappa shape index (κ2) is 8.61. The lowest BCUT2D eigenvalue weighted by Crippen LogP contribution is -2.19. The summed E-state index contributed by atoms with van der Waals surface area (Å²) < 4.78 is 38.1. The van der Waals surface area contributed by atoms with Crippen molar-refractivity contribution >= 4 is 73.5 Å². The molecule has 0 radical (unpaired) electrons. The summed E-state index contributed by atoms with van der Waals surface area (Å²) in [6.45, 7) is 0. The summed E-state index contributed by atoms with van der Waals surface area (Å²) in [6.07, 6.45) is -3.06. The van der Waals surface area contributed by atoms with Crippen LogP contribution >= 0.6 is 35.2 Å². The number of thiazole rings is 1. The first-order valence-electron chi connectivity index (χ1n) is 8.66. The minimum Gasteiger partial charge on any atom is -0.340 e. The van der Waals surface area contributed by atoms with Crippen molar-refractivity contribution in [1.29, 1.82) is 0 Å². The van der Waals surface area contributed by atoms with E-state index in [-0.39, 0.29) is 10.2 Å². The molecule has 0 aliphatic rings. The van der Waals surface area contributed by atoms with E-state index < -0.39 is 11.9 Å². The van der Waals surface area contributed by atoms with Crippen LogP contribution in [0.15, 0.2) is 54.2 Å². The minimum absolute atomic E-state index is 0.0391. The molecule has 3 N–H and O–H groups in total. The first kappa shape index (κ1) is 21.2. The van der Waals surface area contributed by atoms with Gasteiger partial charge in [-0.15, -0.1) is 11.3 Å². The fourth-order valence-corrected chi connectivity index (χ4v) is 3.85. The molecule has 31 heavy (non-hydrogen) atoms. The van der Waals surface area contributed by atoms with Gasteiger partial charge < -0.3 is 16.0 Å². The van der Waals surface area contributed by atoms with Gasteiger partial charge in [-0.3, -0.25) is 0 Å². The van der Waals surface area contributed by atoms with Crippen LogP contribution in [0, 0.1) is 0 Å². The summed E-state index contributed by atoms with van der Waals surface area (Å²) in [5.74, 6) is 0.560. The molecule has 0 aliphatic heterocycles. The molecule has 0 spiro atoms. The molecule has 6 nitrogen and oxygen atoms in total. The van der Waals surface area contributed by atoms with Crippen molar-refractivity contribution in [1.82, 2.24) is 15.0 Å². The number of fused-ring (bicyclic) bond motifs is 1. The minimum atomic E-state index is -4.50.